The zero-order chi connectivity index (χ0) is 11.5. The Bertz CT molecular complexity index is 343. The number of dihydropyridines is 1. The quantitative estimate of drug-likeness (QED) is 0.632. The van der Waals surface area contributed by atoms with Crippen LogP contribution in [0.2, 0.25) is 0 Å². The minimum atomic E-state index is -0.273. The Morgan fingerprint density at radius 2 is 2.25 bits per heavy atom. The largest absolute Gasteiger partial charge is 0.378 e. The molecule has 0 aromatic carbocycles. The number of carbonyl (C=O) groups excluding carboxylic acids is 1. The van der Waals surface area contributed by atoms with E-state index in [1.807, 2.05) is 13.0 Å². The molecule has 1 unspecified atom stereocenters. The summed E-state index contributed by atoms with van der Waals surface area (Å²) < 4.78 is 5.21. The molecule has 0 aromatic heterocycles. The highest BCUT2D eigenvalue weighted by Crippen LogP contribution is 2.12. The number of amides is 1. The van der Waals surface area contributed by atoms with E-state index in [0.717, 1.165) is 5.70 Å². The topological polar surface area (TPSA) is 67.6 Å². The second-order valence-electron chi connectivity index (χ2n) is 4.02. The van der Waals surface area contributed by atoms with Crippen LogP contribution in [0.4, 0.5) is 0 Å². The monoisotopic (exact) mass is 223 g/mol. The molecular weight excluding hydrogens is 206 g/mol. The second kappa shape index (κ2) is 4.67. The summed E-state index contributed by atoms with van der Waals surface area (Å²) in [6.45, 7) is 4.45. The molecule has 0 spiro atoms. The first-order valence-corrected chi connectivity index (χ1v) is 5.46. The molecule has 0 bridgehead atoms. The number of hydrogen-bond donors (Lipinski definition) is 2. The third kappa shape index (κ3) is 2.43. The summed E-state index contributed by atoms with van der Waals surface area (Å²) in [6, 6.07) is 0. The lowest BCUT2D eigenvalue weighted by atomic mass is 10.1. The molecule has 16 heavy (non-hydrogen) atoms. The molecule has 2 rings (SSSR count). The van der Waals surface area contributed by atoms with Crippen LogP contribution in [0.25, 0.3) is 0 Å². The van der Waals surface area contributed by atoms with Crippen molar-refractivity contribution in [3.63, 3.8) is 0 Å². The van der Waals surface area contributed by atoms with Crippen molar-refractivity contribution in [2.75, 3.05) is 26.3 Å². The smallest absolute Gasteiger partial charge is 0.253 e. The van der Waals surface area contributed by atoms with E-state index in [-0.39, 0.29) is 12.1 Å². The van der Waals surface area contributed by atoms with E-state index in [1.54, 1.807) is 11.0 Å². The van der Waals surface area contributed by atoms with Crippen LogP contribution in [0.3, 0.4) is 0 Å². The van der Waals surface area contributed by atoms with Gasteiger partial charge in [-0.2, -0.15) is 0 Å². The molecule has 0 saturated carbocycles. The zero-order valence-electron chi connectivity index (χ0n) is 9.40. The van der Waals surface area contributed by atoms with Gasteiger partial charge in [0.1, 0.15) is 0 Å². The van der Waals surface area contributed by atoms with Gasteiger partial charge in [-0.25, -0.2) is 0 Å². The molecule has 5 nitrogen and oxygen atoms in total. The summed E-state index contributed by atoms with van der Waals surface area (Å²) in [5, 5.41) is 3.03. The van der Waals surface area contributed by atoms with Gasteiger partial charge in [0, 0.05) is 24.4 Å². The standard InChI is InChI=1S/C11H17N3O2/c1-8-6-9(7-10(12)13-8)11(15)14-2-4-16-5-3-14/h6-7,10,13H,2-5,12H2,1H3. The number of nitrogens with one attached hydrogen (secondary N) is 1. The molecule has 88 valence electrons. The number of ether oxygens (including phenoxy) is 1. The first-order valence-electron chi connectivity index (χ1n) is 5.46. The number of nitrogens with zero attached hydrogens (tertiary/aromatic N) is 1. The van der Waals surface area contributed by atoms with Gasteiger partial charge in [-0.1, -0.05) is 0 Å². The highest BCUT2D eigenvalue weighted by molar-refractivity contribution is 5.96. The predicted molar refractivity (Wildman–Crippen MR) is 60.4 cm³/mol. The van der Waals surface area contributed by atoms with Crippen molar-refractivity contribution in [1.29, 1.82) is 0 Å². The van der Waals surface area contributed by atoms with Gasteiger partial charge in [0.05, 0.1) is 19.4 Å². The number of carbonyl (C=O) groups is 1. The fourth-order valence-corrected chi connectivity index (χ4v) is 1.90. The summed E-state index contributed by atoms with van der Waals surface area (Å²) in [4.78, 5) is 13.9. The van der Waals surface area contributed by atoms with Crippen LogP contribution in [0.15, 0.2) is 23.4 Å². The Morgan fingerprint density at radius 3 is 2.88 bits per heavy atom. The molecule has 0 aromatic rings. The molecule has 3 N–H and O–H groups in total. The Morgan fingerprint density at radius 1 is 1.56 bits per heavy atom. The van der Waals surface area contributed by atoms with Gasteiger partial charge in [0.15, 0.2) is 0 Å². The summed E-state index contributed by atoms with van der Waals surface area (Å²) in [7, 11) is 0. The van der Waals surface area contributed by atoms with Crippen molar-refractivity contribution in [2.24, 2.45) is 5.73 Å². The van der Waals surface area contributed by atoms with Gasteiger partial charge in [0.2, 0.25) is 0 Å². The average Bonchev–Trinajstić information content (AvgIpc) is 2.28. The Labute approximate surface area is 94.9 Å². The predicted octanol–water partition coefficient (Wildman–Crippen LogP) is -0.437. The summed E-state index contributed by atoms with van der Waals surface area (Å²) in [6.07, 6.45) is 3.32. The minimum Gasteiger partial charge on any atom is -0.378 e. The Balaban J connectivity index is 2.08. The highest BCUT2D eigenvalue weighted by atomic mass is 16.5. The number of morpholine rings is 1. The van der Waals surface area contributed by atoms with E-state index >= 15 is 0 Å². The molecular formula is C11H17N3O2. The number of hydrogen-bond acceptors (Lipinski definition) is 4. The van der Waals surface area contributed by atoms with Crippen molar-refractivity contribution in [3.05, 3.63) is 23.4 Å². The SMILES string of the molecule is CC1=CC(C(=O)N2CCOCC2)=CC(N)N1. The van der Waals surface area contributed by atoms with Crippen LogP contribution < -0.4 is 11.1 Å². The molecule has 1 amide bonds. The maximum Gasteiger partial charge on any atom is 0.253 e. The van der Waals surface area contributed by atoms with Crippen LogP contribution >= 0.6 is 0 Å². The zero-order valence-corrected chi connectivity index (χ0v) is 9.40. The van der Waals surface area contributed by atoms with E-state index < -0.39 is 0 Å². The molecule has 1 atom stereocenters. The van der Waals surface area contributed by atoms with E-state index in [1.165, 1.54) is 0 Å². The summed E-state index contributed by atoms with van der Waals surface area (Å²) in [5.41, 5.74) is 7.35. The van der Waals surface area contributed by atoms with Crippen molar-refractivity contribution < 1.29 is 9.53 Å². The van der Waals surface area contributed by atoms with Crippen LogP contribution in [-0.2, 0) is 9.53 Å². The summed E-state index contributed by atoms with van der Waals surface area (Å²) >= 11 is 0. The first kappa shape index (κ1) is 11.2. The van der Waals surface area contributed by atoms with Crippen LogP contribution in [-0.4, -0.2) is 43.3 Å². The van der Waals surface area contributed by atoms with Gasteiger partial charge in [-0.3, -0.25) is 4.79 Å². The van der Waals surface area contributed by atoms with E-state index in [0.29, 0.717) is 31.9 Å². The lowest BCUT2D eigenvalue weighted by Gasteiger charge is -2.28. The fourth-order valence-electron chi connectivity index (χ4n) is 1.90. The average molecular weight is 223 g/mol. The maximum absolute atomic E-state index is 12.1. The number of nitrogens with two attached hydrogens (primary N) is 1. The first-order chi connectivity index (χ1) is 7.66. The van der Waals surface area contributed by atoms with Crippen molar-refractivity contribution in [3.8, 4) is 0 Å². The highest BCUT2D eigenvalue weighted by Gasteiger charge is 2.21. The van der Waals surface area contributed by atoms with Crippen molar-refractivity contribution >= 4 is 5.91 Å². The molecule has 2 aliphatic rings. The summed E-state index contributed by atoms with van der Waals surface area (Å²) in [5.74, 6) is 0.0413. The van der Waals surface area contributed by atoms with E-state index in [9.17, 15) is 4.79 Å². The molecule has 1 saturated heterocycles. The molecule has 5 heteroatoms. The Kier molecular flexibility index (Phi) is 3.26. The van der Waals surface area contributed by atoms with E-state index in [4.69, 9.17) is 10.5 Å². The number of rotatable bonds is 1. The second-order valence-corrected chi connectivity index (χ2v) is 4.02. The molecule has 2 heterocycles. The van der Waals surface area contributed by atoms with E-state index in [2.05, 4.69) is 5.32 Å². The molecule has 0 aliphatic carbocycles. The Hall–Kier alpha value is -1.33. The van der Waals surface area contributed by atoms with Gasteiger partial charge in [-0.15, -0.1) is 0 Å². The molecule has 0 radical (unpaired) electrons. The van der Waals surface area contributed by atoms with Gasteiger partial charge in [0.25, 0.3) is 5.91 Å². The molecule has 2 aliphatic heterocycles. The lowest BCUT2D eigenvalue weighted by Crippen LogP contribution is -2.43. The normalized spacial score (nSPS) is 25.6. The van der Waals surface area contributed by atoms with Gasteiger partial charge < -0.3 is 20.7 Å². The van der Waals surface area contributed by atoms with Crippen LogP contribution in [0, 0.1) is 0 Å². The van der Waals surface area contributed by atoms with Crippen LogP contribution in [0.5, 0.6) is 0 Å². The minimum absolute atomic E-state index is 0.0413. The van der Waals surface area contributed by atoms with Gasteiger partial charge >= 0.3 is 0 Å². The fraction of sp³-hybridized carbons (Fsp3) is 0.545. The van der Waals surface area contributed by atoms with Gasteiger partial charge in [-0.05, 0) is 19.1 Å². The lowest BCUT2D eigenvalue weighted by molar-refractivity contribution is -0.130. The van der Waals surface area contributed by atoms with Crippen LogP contribution in [0.1, 0.15) is 6.92 Å². The third-order valence-electron chi connectivity index (χ3n) is 2.67. The molecule has 1 fully saturated rings. The number of allylic oxidation sites excluding steroid dienone is 1. The third-order valence-corrected chi connectivity index (χ3v) is 2.67. The van der Waals surface area contributed by atoms with Crippen molar-refractivity contribution in [1.82, 2.24) is 10.2 Å². The maximum atomic E-state index is 12.1. The van der Waals surface area contributed by atoms with Crippen molar-refractivity contribution in [2.45, 2.75) is 13.1 Å².